The van der Waals surface area contributed by atoms with Gasteiger partial charge in [-0.2, -0.15) is 0 Å². The minimum absolute atomic E-state index is 0.210. The molecule has 3 aromatic carbocycles. The van der Waals surface area contributed by atoms with Gasteiger partial charge in [0.25, 0.3) is 0 Å². The summed E-state index contributed by atoms with van der Waals surface area (Å²) in [4.78, 5) is 44.2. The zero-order valence-electron chi connectivity index (χ0n) is 18.0. The number of aromatic amines is 1. The van der Waals surface area contributed by atoms with Crippen LogP contribution >= 0.6 is 34.7 Å². The quantitative estimate of drug-likeness (QED) is 0.350. The lowest BCUT2D eigenvalue weighted by atomic mass is 9.83. The Kier molecular flexibility index (Phi) is 5.51. The van der Waals surface area contributed by atoms with Crippen molar-refractivity contribution >= 4 is 52.2 Å². The van der Waals surface area contributed by atoms with E-state index < -0.39 is 17.1 Å². The summed E-state index contributed by atoms with van der Waals surface area (Å²) in [7, 11) is 0. The zero-order valence-corrected chi connectivity index (χ0v) is 20.4. The van der Waals surface area contributed by atoms with E-state index in [4.69, 9.17) is 16.3 Å². The molecule has 0 aliphatic carbocycles. The van der Waals surface area contributed by atoms with Gasteiger partial charge in [-0.25, -0.2) is 4.90 Å². The van der Waals surface area contributed by atoms with Crippen molar-refractivity contribution in [3.05, 3.63) is 104 Å². The number of benzene rings is 3. The van der Waals surface area contributed by atoms with Gasteiger partial charge in [-0.15, -0.1) is 0 Å². The van der Waals surface area contributed by atoms with Gasteiger partial charge in [-0.1, -0.05) is 65.0 Å². The highest BCUT2D eigenvalue weighted by Gasteiger charge is 2.56. The first kappa shape index (κ1) is 22.2. The van der Waals surface area contributed by atoms with Gasteiger partial charge in [0.1, 0.15) is 16.7 Å². The first-order chi connectivity index (χ1) is 17.0. The SMILES string of the molecule is O=C1[C@H]2[C@H](c3cccc(Oc4ccccc4)c3)c3sc(=O)[nH]c3S[C@H]2C(=O)N1c1ccc(Cl)cc1. The van der Waals surface area contributed by atoms with Crippen LogP contribution in [0, 0.1) is 5.92 Å². The summed E-state index contributed by atoms with van der Waals surface area (Å²) in [5.74, 6) is -0.413. The molecule has 0 spiro atoms. The molecule has 4 aromatic rings. The van der Waals surface area contributed by atoms with Crippen molar-refractivity contribution in [3.8, 4) is 11.5 Å². The molecule has 1 fully saturated rings. The van der Waals surface area contributed by atoms with Gasteiger partial charge < -0.3 is 9.72 Å². The topological polar surface area (TPSA) is 79.5 Å². The number of imide groups is 1. The lowest BCUT2D eigenvalue weighted by molar-refractivity contribution is -0.122. The van der Waals surface area contributed by atoms with Crippen LogP contribution in [0.1, 0.15) is 16.4 Å². The molecule has 1 aromatic heterocycles. The Morgan fingerprint density at radius 2 is 1.60 bits per heavy atom. The summed E-state index contributed by atoms with van der Waals surface area (Å²) >= 11 is 8.35. The molecule has 0 bridgehead atoms. The molecule has 3 heterocycles. The van der Waals surface area contributed by atoms with E-state index in [1.807, 2.05) is 54.6 Å². The Morgan fingerprint density at radius 1 is 0.857 bits per heavy atom. The Labute approximate surface area is 213 Å². The number of carbonyl (C=O) groups excluding carboxylic acids is 2. The maximum Gasteiger partial charge on any atom is 0.305 e. The van der Waals surface area contributed by atoms with E-state index in [0.29, 0.717) is 27.2 Å². The average Bonchev–Trinajstić information content (AvgIpc) is 3.35. The predicted octanol–water partition coefficient (Wildman–Crippen LogP) is 5.68. The number of fused-ring (bicyclic) bond motifs is 2. The van der Waals surface area contributed by atoms with Crippen LogP contribution in [0.15, 0.2) is 88.7 Å². The number of hydrogen-bond donors (Lipinski definition) is 1. The minimum atomic E-state index is -0.658. The molecule has 0 radical (unpaired) electrons. The number of aromatic nitrogens is 1. The maximum absolute atomic E-state index is 13.8. The fourth-order valence-corrected chi connectivity index (χ4v) is 7.26. The Hall–Kier alpha value is -3.33. The van der Waals surface area contributed by atoms with Gasteiger partial charge >= 0.3 is 4.87 Å². The molecule has 1 saturated heterocycles. The minimum Gasteiger partial charge on any atom is -0.457 e. The number of halogens is 1. The van der Waals surface area contributed by atoms with E-state index in [-0.39, 0.29) is 16.7 Å². The van der Waals surface area contributed by atoms with Crippen molar-refractivity contribution in [1.82, 2.24) is 4.98 Å². The summed E-state index contributed by atoms with van der Waals surface area (Å²) in [5.41, 5.74) is 1.29. The van der Waals surface area contributed by atoms with Gasteiger partial charge in [-0.05, 0) is 54.1 Å². The lowest BCUT2D eigenvalue weighted by Gasteiger charge is -2.30. The molecular weight excluding hydrogens is 504 g/mol. The fourth-order valence-electron chi connectivity index (χ4n) is 4.62. The third kappa shape index (κ3) is 3.87. The molecule has 35 heavy (non-hydrogen) atoms. The number of carbonyl (C=O) groups is 2. The first-order valence-electron chi connectivity index (χ1n) is 10.9. The molecule has 2 aliphatic heterocycles. The van der Waals surface area contributed by atoms with E-state index in [9.17, 15) is 14.4 Å². The summed E-state index contributed by atoms with van der Waals surface area (Å²) in [6.45, 7) is 0. The molecular formula is C26H17ClN2O4S2. The van der Waals surface area contributed by atoms with E-state index in [1.54, 1.807) is 24.3 Å². The van der Waals surface area contributed by atoms with Crippen LogP contribution in [0.3, 0.4) is 0 Å². The summed E-state index contributed by atoms with van der Waals surface area (Å²) in [6, 6.07) is 23.5. The third-order valence-electron chi connectivity index (χ3n) is 6.10. The Bertz CT molecular complexity index is 1500. The molecule has 0 unspecified atom stereocenters. The lowest BCUT2D eigenvalue weighted by Crippen LogP contribution is -2.32. The van der Waals surface area contributed by atoms with Crippen LogP contribution in [0.4, 0.5) is 5.69 Å². The van der Waals surface area contributed by atoms with Crippen molar-refractivity contribution in [2.75, 3.05) is 4.90 Å². The number of nitrogens with one attached hydrogen (secondary N) is 1. The van der Waals surface area contributed by atoms with Gasteiger partial charge in [0.2, 0.25) is 11.8 Å². The van der Waals surface area contributed by atoms with E-state index in [0.717, 1.165) is 21.8 Å². The second-order valence-electron chi connectivity index (χ2n) is 8.23. The van der Waals surface area contributed by atoms with Crippen LogP contribution in [-0.4, -0.2) is 22.0 Å². The molecule has 9 heteroatoms. The molecule has 6 rings (SSSR count). The zero-order chi connectivity index (χ0) is 24.1. The maximum atomic E-state index is 13.8. The van der Waals surface area contributed by atoms with Crippen molar-refractivity contribution in [1.29, 1.82) is 0 Å². The molecule has 1 N–H and O–H groups in total. The van der Waals surface area contributed by atoms with Gasteiger partial charge in [0.15, 0.2) is 0 Å². The highest BCUT2D eigenvalue weighted by atomic mass is 35.5. The van der Waals surface area contributed by atoms with Crippen molar-refractivity contribution < 1.29 is 14.3 Å². The largest absolute Gasteiger partial charge is 0.457 e. The number of amides is 2. The molecule has 3 atom stereocenters. The average molecular weight is 521 g/mol. The standard InChI is InChI=1S/C26H17ClN2O4S2/c27-15-9-11-16(12-10-15)29-24(30)20-19(21-23(28-26(32)35-21)34-22(20)25(29)31)14-5-4-8-18(13-14)33-17-6-2-1-3-7-17/h1-13,19-20,22H,(H,28,32)/t19-,20-,22+/m0/s1. The van der Waals surface area contributed by atoms with Crippen LogP contribution in [0.5, 0.6) is 11.5 Å². The van der Waals surface area contributed by atoms with Gasteiger partial charge in [0, 0.05) is 15.8 Å². The third-order valence-corrected chi connectivity index (χ3v) is 8.76. The monoisotopic (exact) mass is 520 g/mol. The smallest absolute Gasteiger partial charge is 0.305 e. The molecule has 6 nitrogen and oxygen atoms in total. The Morgan fingerprint density at radius 3 is 2.37 bits per heavy atom. The number of ether oxygens (including phenoxy) is 1. The van der Waals surface area contributed by atoms with Crippen LogP contribution < -0.4 is 14.5 Å². The summed E-state index contributed by atoms with van der Waals surface area (Å²) < 4.78 is 6.02. The second kappa shape index (κ2) is 8.71. The van der Waals surface area contributed by atoms with Crippen LogP contribution in [-0.2, 0) is 9.59 Å². The molecule has 0 saturated carbocycles. The van der Waals surface area contributed by atoms with Crippen molar-refractivity contribution in [3.63, 3.8) is 0 Å². The predicted molar refractivity (Wildman–Crippen MR) is 137 cm³/mol. The number of thiazole rings is 1. The van der Waals surface area contributed by atoms with E-state index in [2.05, 4.69) is 4.98 Å². The number of thioether (sulfide) groups is 1. The van der Waals surface area contributed by atoms with Crippen molar-refractivity contribution in [2.45, 2.75) is 16.2 Å². The number of para-hydroxylation sites is 1. The van der Waals surface area contributed by atoms with Gasteiger partial charge in [-0.3, -0.25) is 14.4 Å². The molecule has 2 amide bonds. The Balaban J connectivity index is 1.43. The first-order valence-corrected chi connectivity index (χ1v) is 12.9. The summed E-state index contributed by atoms with van der Waals surface area (Å²) in [6.07, 6.45) is 0. The molecule has 2 aliphatic rings. The normalized spacial score (nSPS) is 21.1. The highest BCUT2D eigenvalue weighted by molar-refractivity contribution is 8.00. The number of hydrogen-bond acceptors (Lipinski definition) is 6. The number of nitrogens with zero attached hydrogens (tertiary/aromatic N) is 1. The number of H-pyrrole nitrogens is 1. The molecule has 174 valence electrons. The van der Waals surface area contributed by atoms with Crippen LogP contribution in [0.2, 0.25) is 5.02 Å². The van der Waals surface area contributed by atoms with E-state index in [1.165, 1.54) is 16.7 Å². The number of anilines is 1. The van der Waals surface area contributed by atoms with E-state index >= 15 is 0 Å². The second-order valence-corrected chi connectivity index (χ2v) is 10.8. The van der Waals surface area contributed by atoms with Crippen molar-refractivity contribution in [2.24, 2.45) is 5.92 Å². The van der Waals surface area contributed by atoms with Gasteiger partial charge in [0.05, 0.1) is 16.6 Å². The summed E-state index contributed by atoms with van der Waals surface area (Å²) in [5, 5.41) is 0.506. The number of rotatable bonds is 4. The fraction of sp³-hybridized carbons (Fsp3) is 0.115. The highest BCUT2D eigenvalue weighted by Crippen LogP contribution is 2.53. The van der Waals surface area contributed by atoms with Crippen LogP contribution in [0.25, 0.3) is 0 Å².